The number of rotatable bonds is 5. The first-order chi connectivity index (χ1) is 10.0. The molecule has 0 unspecified atom stereocenters. The van der Waals surface area contributed by atoms with Crippen molar-refractivity contribution >= 4 is 11.7 Å². The Morgan fingerprint density at radius 2 is 1.95 bits per heavy atom. The van der Waals surface area contributed by atoms with Gasteiger partial charge in [-0.2, -0.15) is 0 Å². The molecule has 0 saturated carbocycles. The summed E-state index contributed by atoms with van der Waals surface area (Å²) in [5.74, 6) is -1.32. The monoisotopic (exact) mass is 289 g/mol. The van der Waals surface area contributed by atoms with Gasteiger partial charge in [0.1, 0.15) is 17.1 Å². The third-order valence-corrected chi connectivity index (χ3v) is 3.22. The third-order valence-electron chi connectivity index (χ3n) is 3.22. The first kappa shape index (κ1) is 14.8. The smallest absolute Gasteiger partial charge is 0.340 e. The lowest BCUT2D eigenvalue weighted by Crippen LogP contribution is -2.20. The normalized spacial score (nSPS) is 10.2. The van der Waals surface area contributed by atoms with E-state index in [1.807, 2.05) is 24.3 Å². The average molecular weight is 289 g/mol. The van der Waals surface area contributed by atoms with E-state index in [0.29, 0.717) is 18.0 Å². The highest BCUT2D eigenvalue weighted by Gasteiger charge is 2.19. The molecule has 2 rings (SSSR count). The van der Waals surface area contributed by atoms with Gasteiger partial charge in [0.25, 0.3) is 0 Å². The van der Waals surface area contributed by atoms with Crippen molar-refractivity contribution in [1.82, 2.24) is 0 Å². The van der Waals surface area contributed by atoms with Crippen LogP contribution in [0.4, 0.5) is 10.1 Å². The number of halogens is 1. The lowest BCUT2D eigenvalue weighted by Gasteiger charge is -2.22. The molecule has 0 aromatic heterocycles. The molecule has 4 nitrogen and oxygen atoms in total. The largest absolute Gasteiger partial charge is 0.496 e. The van der Waals surface area contributed by atoms with Crippen LogP contribution in [0.25, 0.3) is 0 Å². The Hall–Kier alpha value is -2.56. The van der Waals surface area contributed by atoms with E-state index in [-0.39, 0.29) is 5.56 Å². The van der Waals surface area contributed by atoms with Crippen molar-refractivity contribution in [3.63, 3.8) is 0 Å². The van der Waals surface area contributed by atoms with Gasteiger partial charge in [-0.3, -0.25) is 0 Å². The van der Waals surface area contributed by atoms with Gasteiger partial charge in [-0.25, -0.2) is 9.18 Å². The van der Waals surface area contributed by atoms with Crippen molar-refractivity contribution in [2.75, 3.05) is 19.1 Å². The van der Waals surface area contributed by atoms with Gasteiger partial charge in [0.05, 0.1) is 12.8 Å². The van der Waals surface area contributed by atoms with Gasteiger partial charge in [-0.05, 0) is 18.2 Å². The minimum atomic E-state index is -1.28. The number of carbonyl (C=O) groups is 1. The number of hydrogen-bond donors (Lipinski definition) is 1. The number of anilines is 1. The molecule has 5 heteroatoms. The van der Waals surface area contributed by atoms with Crippen LogP contribution in [0.15, 0.2) is 42.5 Å². The molecule has 110 valence electrons. The fourth-order valence-corrected chi connectivity index (χ4v) is 2.22. The Balaban J connectivity index is 2.35. The highest BCUT2D eigenvalue weighted by atomic mass is 19.1. The fourth-order valence-electron chi connectivity index (χ4n) is 2.22. The van der Waals surface area contributed by atoms with Crippen molar-refractivity contribution in [2.45, 2.75) is 6.54 Å². The van der Waals surface area contributed by atoms with Crippen molar-refractivity contribution in [1.29, 1.82) is 0 Å². The maximum Gasteiger partial charge on any atom is 0.340 e. The molecule has 0 aliphatic rings. The Morgan fingerprint density at radius 3 is 2.62 bits per heavy atom. The van der Waals surface area contributed by atoms with E-state index in [1.54, 1.807) is 25.1 Å². The number of aromatic carboxylic acids is 1. The number of ether oxygens (including phenoxy) is 1. The molecule has 0 bridgehead atoms. The summed E-state index contributed by atoms with van der Waals surface area (Å²) < 4.78 is 19.0. The van der Waals surface area contributed by atoms with E-state index < -0.39 is 11.8 Å². The van der Waals surface area contributed by atoms with Crippen LogP contribution in [-0.4, -0.2) is 25.2 Å². The standard InChI is InChI=1S/C16H16FNO3/c1-18(10-11-6-3-4-9-14(11)21-2)13-8-5-7-12(17)15(13)16(19)20/h3-9H,10H2,1-2H3,(H,19,20). The molecule has 2 aromatic carbocycles. The van der Waals surface area contributed by atoms with Crippen molar-refractivity contribution in [2.24, 2.45) is 0 Å². The molecule has 0 atom stereocenters. The quantitative estimate of drug-likeness (QED) is 0.918. The van der Waals surface area contributed by atoms with E-state index >= 15 is 0 Å². The predicted molar refractivity (Wildman–Crippen MR) is 78.5 cm³/mol. The maximum atomic E-state index is 13.7. The lowest BCUT2D eigenvalue weighted by molar-refractivity contribution is 0.0692. The molecule has 0 aliphatic heterocycles. The summed E-state index contributed by atoms with van der Waals surface area (Å²) in [5, 5.41) is 9.17. The van der Waals surface area contributed by atoms with Crippen LogP contribution < -0.4 is 9.64 Å². The summed E-state index contributed by atoms with van der Waals surface area (Å²) in [6.07, 6.45) is 0. The fraction of sp³-hybridized carbons (Fsp3) is 0.188. The van der Waals surface area contributed by atoms with Gasteiger partial charge in [-0.1, -0.05) is 24.3 Å². The summed E-state index contributed by atoms with van der Waals surface area (Å²) in [5.41, 5.74) is 0.895. The van der Waals surface area contributed by atoms with Crippen LogP contribution in [0.5, 0.6) is 5.75 Å². The Kier molecular flexibility index (Phi) is 4.42. The van der Waals surface area contributed by atoms with E-state index in [0.717, 1.165) is 11.6 Å². The first-order valence-electron chi connectivity index (χ1n) is 6.39. The number of para-hydroxylation sites is 1. The Bertz CT molecular complexity index is 658. The molecule has 0 saturated heterocycles. The number of carboxylic acids is 1. The van der Waals surface area contributed by atoms with Crippen LogP contribution in [0.2, 0.25) is 0 Å². The zero-order chi connectivity index (χ0) is 15.4. The number of carboxylic acid groups (broad SMARTS) is 1. The van der Waals surface area contributed by atoms with Gasteiger partial charge in [0.2, 0.25) is 0 Å². The zero-order valence-corrected chi connectivity index (χ0v) is 11.8. The SMILES string of the molecule is COc1ccccc1CN(C)c1cccc(F)c1C(=O)O. The average Bonchev–Trinajstić information content (AvgIpc) is 2.47. The molecule has 1 N–H and O–H groups in total. The van der Waals surface area contributed by atoms with E-state index in [1.165, 1.54) is 6.07 Å². The van der Waals surface area contributed by atoms with Crippen LogP contribution >= 0.6 is 0 Å². The predicted octanol–water partition coefficient (Wildman–Crippen LogP) is 3.17. The highest BCUT2D eigenvalue weighted by Crippen LogP contribution is 2.26. The molecule has 0 aliphatic carbocycles. The van der Waals surface area contributed by atoms with E-state index in [4.69, 9.17) is 4.74 Å². The molecular formula is C16H16FNO3. The summed E-state index contributed by atoms with van der Waals surface area (Å²) >= 11 is 0. The Morgan fingerprint density at radius 1 is 1.24 bits per heavy atom. The molecule has 0 amide bonds. The van der Waals surface area contributed by atoms with Crippen LogP contribution in [-0.2, 0) is 6.54 Å². The minimum absolute atomic E-state index is 0.324. The van der Waals surface area contributed by atoms with Crippen LogP contribution in [0, 0.1) is 5.82 Å². The summed E-state index contributed by atoms with van der Waals surface area (Å²) in [6, 6.07) is 11.7. The minimum Gasteiger partial charge on any atom is -0.496 e. The third kappa shape index (κ3) is 3.13. The van der Waals surface area contributed by atoms with E-state index in [9.17, 15) is 14.3 Å². The number of benzene rings is 2. The lowest BCUT2D eigenvalue weighted by atomic mass is 10.1. The molecular weight excluding hydrogens is 273 g/mol. The first-order valence-corrected chi connectivity index (χ1v) is 6.39. The van der Waals surface area contributed by atoms with Gasteiger partial charge in [-0.15, -0.1) is 0 Å². The van der Waals surface area contributed by atoms with Crippen molar-refractivity contribution in [3.8, 4) is 5.75 Å². The second kappa shape index (κ2) is 6.26. The number of nitrogens with zero attached hydrogens (tertiary/aromatic N) is 1. The van der Waals surface area contributed by atoms with Crippen LogP contribution in [0.3, 0.4) is 0 Å². The van der Waals surface area contributed by atoms with Crippen LogP contribution in [0.1, 0.15) is 15.9 Å². The van der Waals surface area contributed by atoms with Gasteiger partial charge >= 0.3 is 5.97 Å². The van der Waals surface area contributed by atoms with E-state index in [2.05, 4.69) is 0 Å². The van der Waals surface area contributed by atoms with Gasteiger partial charge in [0.15, 0.2) is 0 Å². The molecule has 0 radical (unpaired) electrons. The molecule has 0 spiro atoms. The highest BCUT2D eigenvalue weighted by molar-refractivity contribution is 5.94. The van der Waals surface area contributed by atoms with Crippen molar-refractivity contribution < 1.29 is 19.0 Å². The number of hydrogen-bond acceptors (Lipinski definition) is 3. The second-order valence-electron chi connectivity index (χ2n) is 4.61. The number of methoxy groups -OCH3 is 1. The second-order valence-corrected chi connectivity index (χ2v) is 4.61. The maximum absolute atomic E-state index is 13.7. The summed E-state index contributed by atoms with van der Waals surface area (Å²) in [4.78, 5) is 12.9. The topological polar surface area (TPSA) is 49.8 Å². The zero-order valence-electron chi connectivity index (χ0n) is 11.8. The van der Waals surface area contributed by atoms with Gasteiger partial charge in [0, 0.05) is 19.2 Å². The van der Waals surface area contributed by atoms with Gasteiger partial charge < -0.3 is 14.7 Å². The summed E-state index contributed by atoms with van der Waals surface area (Å²) in [6.45, 7) is 0.410. The Labute approximate surface area is 122 Å². The molecule has 0 fully saturated rings. The molecule has 21 heavy (non-hydrogen) atoms. The molecule has 0 heterocycles. The molecule has 2 aromatic rings. The van der Waals surface area contributed by atoms with Crippen molar-refractivity contribution in [3.05, 3.63) is 59.4 Å². The summed E-state index contributed by atoms with van der Waals surface area (Å²) in [7, 11) is 3.29.